The van der Waals surface area contributed by atoms with E-state index in [0.29, 0.717) is 11.1 Å². The van der Waals surface area contributed by atoms with Crippen LogP contribution in [0.25, 0.3) is 0 Å². The van der Waals surface area contributed by atoms with Crippen LogP contribution in [0.3, 0.4) is 0 Å². The fraction of sp³-hybridized carbons (Fsp3) is 0.286. The van der Waals surface area contributed by atoms with E-state index in [9.17, 15) is 0 Å². The average molecular weight is 294 g/mol. The van der Waals surface area contributed by atoms with Gasteiger partial charge in [0, 0.05) is 23.3 Å². The van der Waals surface area contributed by atoms with E-state index in [4.69, 9.17) is 11.6 Å². The monoisotopic (exact) mass is 293 g/mol. The van der Waals surface area contributed by atoms with Crippen molar-refractivity contribution >= 4 is 23.4 Å². The second-order valence-electron chi connectivity index (χ2n) is 4.06. The molecule has 2 aromatic heterocycles. The van der Waals surface area contributed by atoms with Gasteiger partial charge in [0.2, 0.25) is 0 Å². The Morgan fingerprint density at radius 2 is 2.16 bits per heavy atom. The largest absolute Gasteiger partial charge is 0.312 e. The Morgan fingerprint density at radius 1 is 1.32 bits per heavy atom. The molecule has 1 unspecified atom stereocenters. The van der Waals surface area contributed by atoms with Crippen molar-refractivity contribution in [3.63, 3.8) is 0 Å². The Morgan fingerprint density at radius 3 is 2.74 bits per heavy atom. The van der Waals surface area contributed by atoms with Crippen molar-refractivity contribution in [2.24, 2.45) is 0 Å². The molecular weight excluding hydrogens is 278 g/mol. The van der Waals surface area contributed by atoms with E-state index in [0.717, 1.165) is 22.0 Å². The van der Waals surface area contributed by atoms with Crippen LogP contribution in [0.2, 0.25) is 5.02 Å². The lowest BCUT2D eigenvalue weighted by molar-refractivity contribution is 0.561. The van der Waals surface area contributed by atoms with Gasteiger partial charge in [0.15, 0.2) is 0 Å². The first-order valence-electron chi connectivity index (χ1n) is 6.16. The highest BCUT2D eigenvalue weighted by Crippen LogP contribution is 2.31. The standard InChI is InChI=1S/C14H16ClN3S/c1-3-12(16-2)13-7-6-10(9-18-13)19-14-11(15)5-4-8-17-14/h4-9,12,16H,3H2,1-2H3. The minimum Gasteiger partial charge on any atom is -0.312 e. The fourth-order valence-corrected chi connectivity index (χ4v) is 2.76. The van der Waals surface area contributed by atoms with Crippen LogP contribution in [-0.4, -0.2) is 17.0 Å². The van der Waals surface area contributed by atoms with Gasteiger partial charge in [-0.25, -0.2) is 4.98 Å². The lowest BCUT2D eigenvalue weighted by atomic mass is 10.1. The minimum absolute atomic E-state index is 0.303. The van der Waals surface area contributed by atoms with Crippen molar-refractivity contribution in [1.82, 2.24) is 15.3 Å². The highest BCUT2D eigenvalue weighted by Gasteiger charge is 2.09. The molecule has 0 amide bonds. The maximum absolute atomic E-state index is 6.09. The molecule has 2 rings (SSSR count). The van der Waals surface area contributed by atoms with Gasteiger partial charge in [0.05, 0.1) is 10.7 Å². The molecule has 0 aliphatic heterocycles. The summed E-state index contributed by atoms with van der Waals surface area (Å²) in [5, 5.41) is 4.71. The second kappa shape index (κ2) is 6.89. The molecule has 0 radical (unpaired) electrons. The summed E-state index contributed by atoms with van der Waals surface area (Å²) in [6.45, 7) is 2.14. The van der Waals surface area contributed by atoms with E-state index in [-0.39, 0.29) is 0 Å². The fourth-order valence-electron chi connectivity index (χ4n) is 1.78. The molecule has 2 heterocycles. The summed E-state index contributed by atoms with van der Waals surface area (Å²) in [5.41, 5.74) is 1.06. The van der Waals surface area contributed by atoms with E-state index < -0.39 is 0 Å². The third kappa shape index (κ3) is 3.69. The van der Waals surface area contributed by atoms with Gasteiger partial charge >= 0.3 is 0 Å². The normalized spacial score (nSPS) is 12.4. The maximum Gasteiger partial charge on any atom is 0.119 e. The zero-order chi connectivity index (χ0) is 13.7. The Labute approximate surface area is 122 Å². The number of hydrogen-bond donors (Lipinski definition) is 1. The summed E-state index contributed by atoms with van der Waals surface area (Å²) in [6.07, 6.45) is 4.62. The molecule has 0 aromatic carbocycles. The van der Waals surface area contributed by atoms with Crippen molar-refractivity contribution in [1.29, 1.82) is 0 Å². The number of pyridine rings is 2. The van der Waals surface area contributed by atoms with Gasteiger partial charge in [-0.05, 0) is 37.7 Å². The van der Waals surface area contributed by atoms with Crippen molar-refractivity contribution < 1.29 is 0 Å². The van der Waals surface area contributed by atoms with Gasteiger partial charge in [-0.3, -0.25) is 4.98 Å². The van der Waals surface area contributed by atoms with Crippen molar-refractivity contribution in [3.05, 3.63) is 47.4 Å². The Hall–Kier alpha value is -1.10. The molecular formula is C14H16ClN3S. The van der Waals surface area contributed by atoms with Gasteiger partial charge in [0.25, 0.3) is 0 Å². The van der Waals surface area contributed by atoms with Crippen LogP contribution in [-0.2, 0) is 0 Å². The molecule has 1 N–H and O–H groups in total. The van der Waals surface area contributed by atoms with E-state index in [1.807, 2.05) is 31.4 Å². The second-order valence-corrected chi connectivity index (χ2v) is 5.53. The van der Waals surface area contributed by atoms with Crippen LogP contribution >= 0.6 is 23.4 Å². The molecule has 0 spiro atoms. The zero-order valence-corrected chi connectivity index (χ0v) is 12.5. The molecule has 0 saturated heterocycles. The summed E-state index contributed by atoms with van der Waals surface area (Å²) in [7, 11) is 1.95. The van der Waals surface area contributed by atoms with Crippen LogP contribution in [0.4, 0.5) is 0 Å². The SMILES string of the molecule is CCC(NC)c1ccc(Sc2ncccc2Cl)cn1. The molecule has 0 saturated carbocycles. The summed E-state index contributed by atoms with van der Waals surface area (Å²) < 4.78 is 0. The Balaban J connectivity index is 2.13. The molecule has 1 atom stereocenters. The maximum atomic E-state index is 6.09. The van der Waals surface area contributed by atoms with Crippen molar-refractivity contribution in [3.8, 4) is 0 Å². The molecule has 0 bridgehead atoms. The summed E-state index contributed by atoms with van der Waals surface area (Å²) >= 11 is 7.61. The first-order chi connectivity index (χ1) is 9.24. The Kier molecular flexibility index (Phi) is 5.19. The third-order valence-corrected chi connectivity index (χ3v) is 4.23. The molecule has 5 heteroatoms. The summed E-state index contributed by atoms with van der Waals surface area (Å²) in [4.78, 5) is 9.78. The predicted octanol–water partition coefficient (Wildman–Crippen LogP) is 3.95. The number of aromatic nitrogens is 2. The molecule has 3 nitrogen and oxygen atoms in total. The first-order valence-corrected chi connectivity index (χ1v) is 7.35. The predicted molar refractivity (Wildman–Crippen MR) is 79.7 cm³/mol. The first kappa shape index (κ1) is 14.3. The number of rotatable bonds is 5. The number of halogens is 1. The molecule has 0 fully saturated rings. The smallest absolute Gasteiger partial charge is 0.119 e. The van der Waals surface area contributed by atoms with Gasteiger partial charge < -0.3 is 5.32 Å². The van der Waals surface area contributed by atoms with Crippen molar-refractivity contribution in [2.75, 3.05) is 7.05 Å². The summed E-state index contributed by atoms with van der Waals surface area (Å²) in [6, 6.07) is 8.07. The van der Waals surface area contributed by atoms with Crippen LogP contribution in [0, 0.1) is 0 Å². The third-order valence-electron chi connectivity index (χ3n) is 2.81. The topological polar surface area (TPSA) is 37.8 Å². The minimum atomic E-state index is 0.303. The van der Waals surface area contributed by atoms with Gasteiger partial charge in [0.1, 0.15) is 5.03 Å². The van der Waals surface area contributed by atoms with Crippen LogP contribution in [0.5, 0.6) is 0 Å². The zero-order valence-electron chi connectivity index (χ0n) is 10.9. The van der Waals surface area contributed by atoms with Gasteiger partial charge in [-0.2, -0.15) is 0 Å². The Bertz CT molecular complexity index is 526. The highest BCUT2D eigenvalue weighted by molar-refractivity contribution is 7.99. The number of hydrogen-bond acceptors (Lipinski definition) is 4. The van der Waals surface area contributed by atoms with E-state index in [2.05, 4.69) is 28.3 Å². The van der Waals surface area contributed by atoms with Gasteiger partial charge in [-0.15, -0.1) is 0 Å². The van der Waals surface area contributed by atoms with E-state index in [1.165, 1.54) is 11.8 Å². The summed E-state index contributed by atoms with van der Waals surface area (Å²) in [5.74, 6) is 0. The van der Waals surface area contributed by atoms with Gasteiger partial charge in [-0.1, -0.05) is 30.3 Å². The van der Waals surface area contributed by atoms with E-state index in [1.54, 1.807) is 6.20 Å². The lowest BCUT2D eigenvalue weighted by Crippen LogP contribution is -2.16. The van der Waals surface area contributed by atoms with Crippen molar-refractivity contribution in [2.45, 2.75) is 29.3 Å². The number of nitrogens with one attached hydrogen (secondary N) is 1. The molecule has 0 aliphatic carbocycles. The molecule has 19 heavy (non-hydrogen) atoms. The quantitative estimate of drug-likeness (QED) is 0.906. The van der Waals surface area contributed by atoms with E-state index >= 15 is 0 Å². The lowest BCUT2D eigenvalue weighted by Gasteiger charge is -2.13. The number of nitrogens with zero attached hydrogens (tertiary/aromatic N) is 2. The average Bonchev–Trinajstić information content (AvgIpc) is 2.44. The van der Waals surface area contributed by atoms with Crippen LogP contribution < -0.4 is 5.32 Å². The molecule has 0 aliphatic rings. The molecule has 100 valence electrons. The molecule has 2 aromatic rings. The van der Waals surface area contributed by atoms with Crippen LogP contribution in [0.1, 0.15) is 25.1 Å². The van der Waals surface area contributed by atoms with Crippen LogP contribution in [0.15, 0.2) is 46.6 Å². The highest BCUT2D eigenvalue weighted by atomic mass is 35.5.